The predicted octanol–water partition coefficient (Wildman–Crippen LogP) is 1.81. The van der Waals surface area contributed by atoms with Gasteiger partial charge in [0.25, 0.3) is 0 Å². The molecule has 9 heteroatoms. The van der Waals surface area contributed by atoms with E-state index in [2.05, 4.69) is 5.32 Å². The molecule has 7 nitrogen and oxygen atoms in total. The van der Waals surface area contributed by atoms with E-state index >= 15 is 0 Å². The Morgan fingerprint density at radius 3 is 2.28 bits per heavy atom. The van der Waals surface area contributed by atoms with Crippen molar-refractivity contribution in [2.45, 2.75) is 17.9 Å². The van der Waals surface area contributed by atoms with Gasteiger partial charge in [-0.1, -0.05) is 36.4 Å². The molecule has 0 saturated carbocycles. The highest BCUT2D eigenvalue weighted by molar-refractivity contribution is 7.91. The highest BCUT2D eigenvalue weighted by atomic mass is 32.2. The Balaban J connectivity index is 1.92. The van der Waals surface area contributed by atoms with Gasteiger partial charge in [0.2, 0.25) is 5.91 Å². The summed E-state index contributed by atoms with van der Waals surface area (Å²) in [7, 11) is -6.50. The molecular weight excluding hydrogens is 412 g/mol. The average molecular weight is 437 g/mol. The third-order valence-corrected chi connectivity index (χ3v) is 7.72. The monoisotopic (exact) mass is 436 g/mol. The Hall–Kier alpha value is -2.23. The van der Waals surface area contributed by atoms with Crippen molar-refractivity contribution in [1.82, 2.24) is 4.90 Å². The number of sulfone groups is 2. The summed E-state index contributed by atoms with van der Waals surface area (Å²) in [5.41, 5.74) is 1.91. The van der Waals surface area contributed by atoms with E-state index < -0.39 is 25.7 Å². The first-order chi connectivity index (χ1) is 13.6. The number of amides is 1. The smallest absolute Gasteiger partial charge is 0.246 e. The molecule has 156 valence electrons. The SMILES string of the molecule is Cc1ccc(S(C)(=O)=O)cc1NC(=O)C(c1ccccc1)N1CCS(=O)(=O)CC1. The van der Waals surface area contributed by atoms with Crippen molar-refractivity contribution in [2.24, 2.45) is 0 Å². The van der Waals surface area contributed by atoms with E-state index in [1.54, 1.807) is 13.0 Å². The number of nitrogens with zero attached hydrogens (tertiary/aromatic N) is 1. The quantitative estimate of drug-likeness (QED) is 0.767. The Kier molecular flexibility index (Phi) is 6.11. The van der Waals surface area contributed by atoms with Gasteiger partial charge in [-0.05, 0) is 30.2 Å². The summed E-state index contributed by atoms with van der Waals surface area (Å²) in [6.07, 6.45) is 1.12. The standard InChI is InChI=1S/C20H24N2O5S2/c1-15-8-9-17(28(2,24)25)14-18(15)21-20(23)19(16-6-4-3-5-7-16)22-10-12-29(26,27)13-11-22/h3-9,14,19H,10-13H2,1-2H3,(H,21,23). The zero-order valence-corrected chi connectivity index (χ0v) is 18.0. The fraction of sp³-hybridized carbons (Fsp3) is 0.350. The Bertz CT molecular complexity index is 1100. The van der Waals surface area contributed by atoms with Gasteiger partial charge in [-0.25, -0.2) is 16.8 Å². The van der Waals surface area contributed by atoms with Crippen LogP contribution in [0.5, 0.6) is 0 Å². The van der Waals surface area contributed by atoms with Gasteiger partial charge in [0.15, 0.2) is 19.7 Å². The molecule has 0 bridgehead atoms. The van der Waals surface area contributed by atoms with Crippen molar-refractivity contribution in [2.75, 3.05) is 36.2 Å². The molecule has 1 N–H and O–H groups in total. The zero-order chi connectivity index (χ0) is 21.2. The maximum absolute atomic E-state index is 13.2. The van der Waals surface area contributed by atoms with E-state index in [-0.39, 0.29) is 35.4 Å². The number of aryl methyl sites for hydroxylation is 1. The van der Waals surface area contributed by atoms with Crippen LogP contribution in [0, 0.1) is 6.92 Å². The molecular formula is C20H24N2O5S2. The average Bonchev–Trinajstić information content (AvgIpc) is 2.65. The minimum absolute atomic E-state index is 0.00616. The van der Waals surface area contributed by atoms with Gasteiger partial charge in [0.05, 0.1) is 16.4 Å². The summed E-state index contributed by atoms with van der Waals surface area (Å²) < 4.78 is 47.4. The van der Waals surface area contributed by atoms with Crippen LogP contribution in [0.4, 0.5) is 5.69 Å². The van der Waals surface area contributed by atoms with Gasteiger partial charge in [-0.3, -0.25) is 9.69 Å². The molecule has 29 heavy (non-hydrogen) atoms. The Morgan fingerprint density at radius 1 is 1.07 bits per heavy atom. The first-order valence-electron chi connectivity index (χ1n) is 9.18. The lowest BCUT2D eigenvalue weighted by Gasteiger charge is -2.33. The molecule has 1 saturated heterocycles. The van der Waals surface area contributed by atoms with Crippen molar-refractivity contribution < 1.29 is 21.6 Å². The highest BCUT2D eigenvalue weighted by Crippen LogP contribution is 2.27. The lowest BCUT2D eigenvalue weighted by Crippen LogP contribution is -2.46. The second-order valence-corrected chi connectivity index (χ2v) is 11.6. The van der Waals surface area contributed by atoms with E-state index in [9.17, 15) is 21.6 Å². The second kappa shape index (κ2) is 8.25. The molecule has 2 aromatic carbocycles. The first kappa shape index (κ1) is 21.5. The number of benzene rings is 2. The summed E-state index contributed by atoms with van der Waals surface area (Å²) in [4.78, 5) is 15.2. The molecule has 1 amide bonds. The molecule has 0 aromatic heterocycles. The fourth-order valence-electron chi connectivity index (χ4n) is 3.32. The maximum atomic E-state index is 13.2. The summed E-state index contributed by atoms with van der Waals surface area (Å²) >= 11 is 0. The lowest BCUT2D eigenvalue weighted by molar-refractivity contribution is -0.121. The molecule has 1 heterocycles. The predicted molar refractivity (Wildman–Crippen MR) is 112 cm³/mol. The van der Waals surface area contributed by atoms with Gasteiger partial charge in [-0.2, -0.15) is 0 Å². The summed E-state index contributed by atoms with van der Waals surface area (Å²) in [6.45, 7) is 2.31. The molecule has 0 aliphatic carbocycles. The van der Waals surface area contributed by atoms with Crippen LogP contribution in [0.2, 0.25) is 0 Å². The van der Waals surface area contributed by atoms with Crippen molar-refractivity contribution in [3.63, 3.8) is 0 Å². The first-order valence-corrected chi connectivity index (χ1v) is 12.9. The Morgan fingerprint density at radius 2 is 1.69 bits per heavy atom. The highest BCUT2D eigenvalue weighted by Gasteiger charge is 2.32. The summed E-state index contributed by atoms with van der Waals surface area (Å²) in [5.74, 6) is -0.317. The molecule has 1 atom stereocenters. The molecule has 0 radical (unpaired) electrons. The number of hydrogen-bond acceptors (Lipinski definition) is 6. The van der Waals surface area contributed by atoms with E-state index in [4.69, 9.17) is 0 Å². The zero-order valence-electron chi connectivity index (χ0n) is 16.3. The van der Waals surface area contributed by atoms with Crippen molar-refractivity contribution in [3.8, 4) is 0 Å². The summed E-state index contributed by atoms with van der Waals surface area (Å²) in [5, 5.41) is 2.84. The molecule has 1 aliphatic rings. The number of carbonyl (C=O) groups is 1. The minimum Gasteiger partial charge on any atom is -0.324 e. The van der Waals surface area contributed by atoms with Crippen LogP contribution < -0.4 is 5.32 Å². The van der Waals surface area contributed by atoms with Crippen LogP contribution in [-0.2, 0) is 24.5 Å². The van der Waals surface area contributed by atoms with E-state index in [1.807, 2.05) is 35.2 Å². The molecule has 2 aromatic rings. The molecule has 0 spiro atoms. The number of carbonyl (C=O) groups excluding carboxylic acids is 1. The van der Waals surface area contributed by atoms with E-state index in [0.717, 1.165) is 17.4 Å². The molecule has 1 unspecified atom stereocenters. The number of anilines is 1. The van der Waals surface area contributed by atoms with E-state index in [0.29, 0.717) is 5.69 Å². The van der Waals surface area contributed by atoms with Gasteiger partial charge in [0, 0.05) is 25.0 Å². The van der Waals surface area contributed by atoms with Gasteiger partial charge in [-0.15, -0.1) is 0 Å². The van der Waals surface area contributed by atoms with Crippen molar-refractivity contribution in [3.05, 3.63) is 59.7 Å². The van der Waals surface area contributed by atoms with Crippen LogP contribution in [0.25, 0.3) is 0 Å². The van der Waals surface area contributed by atoms with Crippen LogP contribution in [-0.4, -0.2) is 58.5 Å². The van der Waals surface area contributed by atoms with Crippen LogP contribution in [0.15, 0.2) is 53.4 Å². The second-order valence-electron chi connectivity index (χ2n) is 7.24. The third-order valence-electron chi connectivity index (χ3n) is 5.00. The Labute approximate surface area is 171 Å². The lowest BCUT2D eigenvalue weighted by atomic mass is 10.0. The van der Waals surface area contributed by atoms with Crippen molar-refractivity contribution in [1.29, 1.82) is 0 Å². The van der Waals surface area contributed by atoms with Crippen LogP contribution in [0.1, 0.15) is 17.2 Å². The third kappa shape index (κ3) is 5.23. The van der Waals surface area contributed by atoms with Crippen LogP contribution in [0.3, 0.4) is 0 Å². The van der Waals surface area contributed by atoms with Crippen LogP contribution >= 0.6 is 0 Å². The maximum Gasteiger partial charge on any atom is 0.246 e. The fourth-order valence-corrected chi connectivity index (χ4v) is 5.19. The molecule has 1 fully saturated rings. The van der Waals surface area contributed by atoms with Gasteiger partial charge < -0.3 is 5.32 Å². The van der Waals surface area contributed by atoms with Gasteiger partial charge >= 0.3 is 0 Å². The summed E-state index contributed by atoms with van der Waals surface area (Å²) in [6, 6.07) is 13.1. The molecule has 3 rings (SSSR count). The number of hydrogen-bond donors (Lipinski definition) is 1. The van der Waals surface area contributed by atoms with E-state index in [1.165, 1.54) is 12.1 Å². The van der Waals surface area contributed by atoms with Crippen molar-refractivity contribution >= 4 is 31.3 Å². The number of nitrogens with one attached hydrogen (secondary N) is 1. The molecule has 1 aliphatic heterocycles. The largest absolute Gasteiger partial charge is 0.324 e. The number of rotatable bonds is 5. The topological polar surface area (TPSA) is 101 Å². The normalized spacial score (nSPS) is 18.1. The van der Waals surface area contributed by atoms with Gasteiger partial charge in [0.1, 0.15) is 6.04 Å². The minimum atomic E-state index is -3.41.